The first-order valence-electron chi connectivity index (χ1n) is 5.83. The Bertz CT molecular complexity index is 410. The van der Waals surface area contributed by atoms with Crippen molar-refractivity contribution in [3.05, 3.63) is 23.9 Å². The highest BCUT2D eigenvalue weighted by molar-refractivity contribution is 8.00. The van der Waals surface area contributed by atoms with E-state index in [0.717, 1.165) is 25.3 Å². The predicted octanol–water partition coefficient (Wildman–Crippen LogP) is 1.63. The summed E-state index contributed by atoms with van der Waals surface area (Å²) in [4.78, 5) is 18.1. The largest absolute Gasteiger partial charge is 0.384 e. The van der Waals surface area contributed by atoms with Gasteiger partial charge in [0, 0.05) is 35.9 Å². The SMILES string of the molecule is CCC1CN(C(=O)c2ccnc(N)c2)CCS1. The Balaban J connectivity index is 2.09. The lowest BCUT2D eigenvalue weighted by Crippen LogP contribution is -2.41. The molecule has 1 amide bonds. The monoisotopic (exact) mass is 251 g/mol. The van der Waals surface area contributed by atoms with Gasteiger partial charge in [-0.1, -0.05) is 6.92 Å². The third-order valence-electron chi connectivity index (χ3n) is 2.91. The zero-order valence-electron chi connectivity index (χ0n) is 9.93. The Hall–Kier alpha value is -1.23. The summed E-state index contributed by atoms with van der Waals surface area (Å²) in [6.07, 6.45) is 2.69. The molecule has 2 N–H and O–H groups in total. The number of thioether (sulfide) groups is 1. The summed E-state index contributed by atoms with van der Waals surface area (Å²) in [5, 5.41) is 0.562. The smallest absolute Gasteiger partial charge is 0.254 e. The summed E-state index contributed by atoms with van der Waals surface area (Å²) in [6.45, 7) is 3.82. The molecule has 1 aromatic rings. The summed E-state index contributed by atoms with van der Waals surface area (Å²) in [5.74, 6) is 1.48. The highest BCUT2D eigenvalue weighted by Crippen LogP contribution is 2.22. The molecule has 1 fully saturated rings. The minimum atomic E-state index is 0.0675. The first-order chi connectivity index (χ1) is 8.20. The Morgan fingerprint density at radius 3 is 3.24 bits per heavy atom. The van der Waals surface area contributed by atoms with Crippen molar-refractivity contribution in [3.63, 3.8) is 0 Å². The zero-order valence-corrected chi connectivity index (χ0v) is 10.7. The number of hydrogen-bond acceptors (Lipinski definition) is 4. The molecular weight excluding hydrogens is 234 g/mol. The van der Waals surface area contributed by atoms with Crippen LogP contribution >= 0.6 is 11.8 Å². The maximum atomic E-state index is 12.2. The van der Waals surface area contributed by atoms with Gasteiger partial charge in [-0.3, -0.25) is 4.79 Å². The van der Waals surface area contributed by atoms with Gasteiger partial charge >= 0.3 is 0 Å². The molecule has 0 aliphatic carbocycles. The molecule has 1 atom stereocenters. The minimum Gasteiger partial charge on any atom is -0.384 e. The molecular formula is C12H17N3OS. The van der Waals surface area contributed by atoms with Crippen LogP contribution in [0.1, 0.15) is 23.7 Å². The van der Waals surface area contributed by atoms with Crippen molar-refractivity contribution in [1.82, 2.24) is 9.88 Å². The summed E-state index contributed by atoms with van der Waals surface area (Å²) in [5.41, 5.74) is 6.23. The van der Waals surface area contributed by atoms with Crippen LogP contribution in [0.5, 0.6) is 0 Å². The Kier molecular flexibility index (Phi) is 3.89. The number of rotatable bonds is 2. The fraction of sp³-hybridized carbons (Fsp3) is 0.500. The van der Waals surface area contributed by atoms with E-state index < -0.39 is 0 Å². The maximum Gasteiger partial charge on any atom is 0.254 e. The molecule has 0 spiro atoms. The van der Waals surface area contributed by atoms with E-state index in [2.05, 4.69) is 11.9 Å². The number of nitrogens with zero attached hydrogens (tertiary/aromatic N) is 2. The minimum absolute atomic E-state index is 0.0675. The molecule has 0 saturated carbocycles. The van der Waals surface area contributed by atoms with E-state index in [1.54, 1.807) is 18.3 Å². The van der Waals surface area contributed by atoms with Gasteiger partial charge in [-0.05, 0) is 18.6 Å². The first kappa shape index (κ1) is 12.2. The first-order valence-corrected chi connectivity index (χ1v) is 6.88. The normalized spacial score (nSPS) is 20.3. The van der Waals surface area contributed by atoms with Gasteiger partial charge in [0.25, 0.3) is 5.91 Å². The molecule has 0 aromatic carbocycles. The molecule has 2 rings (SSSR count). The van der Waals surface area contributed by atoms with Crippen LogP contribution in [0.4, 0.5) is 5.82 Å². The van der Waals surface area contributed by atoms with E-state index >= 15 is 0 Å². The van der Waals surface area contributed by atoms with E-state index in [-0.39, 0.29) is 5.91 Å². The highest BCUT2D eigenvalue weighted by Gasteiger charge is 2.23. The third-order valence-corrected chi connectivity index (χ3v) is 4.28. The second-order valence-electron chi connectivity index (χ2n) is 4.12. The van der Waals surface area contributed by atoms with Crippen LogP contribution in [0.15, 0.2) is 18.3 Å². The lowest BCUT2D eigenvalue weighted by atomic mass is 10.2. The zero-order chi connectivity index (χ0) is 12.3. The van der Waals surface area contributed by atoms with Gasteiger partial charge in [-0.2, -0.15) is 11.8 Å². The average Bonchev–Trinajstić information content (AvgIpc) is 2.38. The van der Waals surface area contributed by atoms with Crippen LogP contribution in [-0.2, 0) is 0 Å². The topological polar surface area (TPSA) is 59.2 Å². The average molecular weight is 251 g/mol. The fourth-order valence-electron chi connectivity index (χ4n) is 1.91. The predicted molar refractivity (Wildman–Crippen MR) is 71.1 cm³/mol. The number of carbonyl (C=O) groups excluding carboxylic acids is 1. The summed E-state index contributed by atoms with van der Waals surface area (Å²) in [7, 11) is 0. The van der Waals surface area contributed by atoms with Crippen molar-refractivity contribution in [2.24, 2.45) is 0 Å². The molecule has 5 heteroatoms. The van der Waals surface area contributed by atoms with Gasteiger partial charge in [-0.25, -0.2) is 4.98 Å². The molecule has 1 aliphatic rings. The highest BCUT2D eigenvalue weighted by atomic mass is 32.2. The number of pyridine rings is 1. The second-order valence-corrected chi connectivity index (χ2v) is 5.53. The van der Waals surface area contributed by atoms with Gasteiger partial charge < -0.3 is 10.6 Å². The molecule has 92 valence electrons. The van der Waals surface area contributed by atoms with Gasteiger partial charge in [0.1, 0.15) is 5.82 Å². The van der Waals surface area contributed by atoms with E-state index in [1.165, 1.54) is 0 Å². The number of carbonyl (C=O) groups is 1. The summed E-state index contributed by atoms with van der Waals surface area (Å²) >= 11 is 1.95. The van der Waals surface area contributed by atoms with Crippen LogP contribution in [0.2, 0.25) is 0 Å². The number of nitrogens with two attached hydrogens (primary N) is 1. The van der Waals surface area contributed by atoms with E-state index in [1.807, 2.05) is 16.7 Å². The number of hydrogen-bond donors (Lipinski definition) is 1. The van der Waals surface area contributed by atoms with Crippen LogP contribution in [-0.4, -0.2) is 39.9 Å². The number of anilines is 1. The lowest BCUT2D eigenvalue weighted by Gasteiger charge is -2.32. The Morgan fingerprint density at radius 2 is 2.53 bits per heavy atom. The van der Waals surface area contributed by atoms with Crippen LogP contribution < -0.4 is 5.73 Å². The van der Waals surface area contributed by atoms with Crippen LogP contribution in [0.3, 0.4) is 0 Å². The van der Waals surface area contributed by atoms with Gasteiger partial charge in [0.2, 0.25) is 0 Å². The fourth-order valence-corrected chi connectivity index (χ4v) is 3.09. The van der Waals surface area contributed by atoms with Crippen molar-refractivity contribution in [1.29, 1.82) is 0 Å². The number of aromatic nitrogens is 1. The Labute approximate surface area is 106 Å². The number of nitrogen functional groups attached to an aromatic ring is 1. The van der Waals surface area contributed by atoms with Crippen molar-refractivity contribution < 1.29 is 4.79 Å². The third kappa shape index (κ3) is 2.91. The van der Waals surface area contributed by atoms with Crippen molar-refractivity contribution in [2.45, 2.75) is 18.6 Å². The van der Waals surface area contributed by atoms with Crippen LogP contribution in [0, 0.1) is 0 Å². The molecule has 1 aliphatic heterocycles. The molecule has 1 unspecified atom stereocenters. The van der Waals surface area contributed by atoms with E-state index in [4.69, 9.17) is 5.73 Å². The molecule has 0 radical (unpaired) electrons. The molecule has 4 nitrogen and oxygen atoms in total. The van der Waals surface area contributed by atoms with Crippen molar-refractivity contribution in [2.75, 3.05) is 24.6 Å². The van der Waals surface area contributed by atoms with Gasteiger partial charge in [0.05, 0.1) is 0 Å². The Morgan fingerprint density at radius 1 is 1.71 bits per heavy atom. The molecule has 1 aromatic heterocycles. The molecule has 0 bridgehead atoms. The van der Waals surface area contributed by atoms with Crippen molar-refractivity contribution in [3.8, 4) is 0 Å². The standard InChI is InChI=1S/C12H17N3OS/c1-2-10-8-15(5-6-17-10)12(16)9-3-4-14-11(13)7-9/h3-4,7,10H,2,5-6,8H2,1H3,(H2,13,14). The van der Waals surface area contributed by atoms with Crippen molar-refractivity contribution >= 4 is 23.5 Å². The maximum absolute atomic E-state index is 12.2. The molecule has 1 saturated heterocycles. The van der Waals surface area contributed by atoms with E-state index in [9.17, 15) is 4.79 Å². The quantitative estimate of drug-likeness (QED) is 0.868. The van der Waals surface area contributed by atoms with Gasteiger partial charge in [0.15, 0.2) is 0 Å². The summed E-state index contributed by atoms with van der Waals surface area (Å²) < 4.78 is 0. The van der Waals surface area contributed by atoms with E-state index in [0.29, 0.717) is 16.6 Å². The molecule has 17 heavy (non-hydrogen) atoms. The van der Waals surface area contributed by atoms with Gasteiger partial charge in [-0.15, -0.1) is 0 Å². The second kappa shape index (κ2) is 5.40. The molecule has 2 heterocycles. The lowest BCUT2D eigenvalue weighted by molar-refractivity contribution is 0.0761. The summed E-state index contributed by atoms with van der Waals surface area (Å²) in [6, 6.07) is 3.37. The van der Waals surface area contributed by atoms with Crippen LogP contribution in [0.25, 0.3) is 0 Å². The number of amides is 1.